The van der Waals surface area contributed by atoms with E-state index in [1.54, 1.807) is 0 Å². The van der Waals surface area contributed by atoms with Crippen LogP contribution < -0.4 is 5.32 Å². The molecule has 2 aromatic rings. The largest absolute Gasteiger partial charge is 0.308 e. The normalized spacial score (nSPS) is 11.9. The zero-order valence-electron chi connectivity index (χ0n) is 10.9. The van der Waals surface area contributed by atoms with Gasteiger partial charge >= 0.3 is 0 Å². The Bertz CT molecular complexity index is 573. The van der Waals surface area contributed by atoms with Gasteiger partial charge in [-0.05, 0) is 24.9 Å². The number of nitrogens with one attached hydrogen (secondary N) is 1. The van der Waals surface area contributed by atoms with Crippen molar-refractivity contribution in [2.24, 2.45) is 0 Å². The molecule has 0 aliphatic rings. The van der Waals surface area contributed by atoms with Crippen molar-refractivity contribution in [3.8, 4) is 11.8 Å². The molecule has 0 aliphatic carbocycles. The van der Waals surface area contributed by atoms with Crippen molar-refractivity contribution in [3.63, 3.8) is 0 Å². The van der Waals surface area contributed by atoms with Crippen LogP contribution in [0.5, 0.6) is 0 Å². The summed E-state index contributed by atoms with van der Waals surface area (Å²) < 4.78 is 0. The van der Waals surface area contributed by atoms with E-state index < -0.39 is 0 Å². The van der Waals surface area contributed by atoms with E-state index in [0.29, 0.717) is 0 Å². The predicted octanol–water partition coefficient (Wildman–Crippen LogP) is 3.30. The number of fused-ring (bicyclic) bond motifs is 1. The highest BCUT2D eigenvalue weighted by Gasteiger charge is 2.13. The van der Waals surface area contributed by atoms with Gasteiger partial charge in [-0.1, -0.05) is 31.2 Å². The summed E-state index contributed by atoms with van der Waals surface area (Å²) in [7, 11) is 0. The molecule has 2 heteroatoms. The zero-order valence-corrected chi connectivity index (χ0v) is 10.9. The molecule has 0 saturated carbocycles. The minimum atomic E-state index is 0.202. The van der Waals surface area contributed by atoms with Gasteiger partial charge in [0.1, 0.15) is 0 Å². The van der Waals surface area contributed by atoms with E-state index in [1.165, 1.54) is 10.8 Å². The van der Waals surface area contributed by atoms with Gasteiger partial charge in [0.2, 0.25) is 0 Å². The molecular weight excluding hydrogens is 220 g/mol. The first-order chi connectivity index (χ1) is 8.86. The van der Waals surface area contributed by atoms with Crippen LogP contribution in [0.15, 0.2) is 36.5 Å². The van der Waals surface area contributed by atoms with Crippen LogP contribution in [-0.4, -0.2) is 11.5 Å². The topological polar surface area (TPSA) is 24.9 Å². The number of hydrogen-bond donors (Lipinski definition) is 1. The fourth-order valence-electron chi connectivity index (χ4n) is 2.14. The van der Waals surface area contributed by atoms with Gasteiger partial charge < -0.3 is 5.32 Å². The highest BCUT2D eigenvalue weighted by atomic mass is 14.9. The van der Waals surface area contributed by atoms with Gasteiger partial charge in [0.25, 0.3) is 0 Å². The number of benzene rings is 1. The average molecular weight is 238 g/mol. The summed E-state index contributed by atoms with van der Waals surface area (Å²) in [5.41, 5.74) is 1.10. The van der Waals surface area contributed by atoms with Crippen molar-refractivity contribution in [2.75, 3.05) is 6.54 Å². The summed E-state index contributed by atoms with van der Waals surface area (Å²) in [6.07, 6.45) is 2.67. The van der Waals surface area contributed by atoms with Crippen molar-refractivity contribution >= 4 is 10.8 Å². The van der Waals surface area contributed by atoms with E-state index in [2.05, 4.69) is 53.3 Å². The average Bonchev–Trinajstić information content (AvgIpc) is 2.43. The van der Waals surface area contributed by atoms with Crippen molar-refractivity contribution in [3.05, 3.63) is 42.2 Å². The van der Waals surface area contributed by atoms with Crippen LogP contribution >= 0.6 is 0 Å². The molecule has 1 atom stereocenters. The van der Waals surface area contributed by atoms with Gasteiger partial charge in [-0.2, -0.15) is 0 Å². The highest BCUT2D eigenvalue weighted by molar-refractivity contribution is 5.84. The second-order valence-corrected chi connectivity index (χ2v) is 4.16. The first-order valence-electron chi connectivity index (χ1n) is 6.33. The molecule has 0 saturated heterocycles. The molecule has 1 heterocycles. The van der Waals surface area contributed by atoms with E-state index in [4.69, 9.17) is 0 Å². The standard InChI is InChI=1S/C16H18N2/c1-3-5-10-15(17-4-2)16-14-9-7-6-8-13(14)11-12-18-16/h6-9,11-12,15,17H,4,10H2,1-2H3. The molecule has 0 spiro atoms. The molecule has 1 unspecified atom stereocenters. The van der Waals surface area contributed by atoms with Crippen molar-refractivity contribution < 1.29 is 0 Å². The summed E-state index contributed by atoms with van der Waals surface area (Å²) in [5.74, 6) is 6.10. The molecular formula is C16H18N2. The van der Waals surface area contributed by atoms with Crippen molar-refractivity contribution in [2.45, 2.75) is 26.3 Å². The SMILES string of the molecule is CC#CCC(NCC)c1nccc2ccccc12. The van der Waals surface area contributed by atoms with Crippen LogP contribution in [0.4, 0.5) is 0 Å². The molecule has 0 amide bonds. The molecule has 1 N–H and O–H groups in total. The van der Waals surface area contributed by atoms with Crippen molar-refractivity contribution in [1.82, 2.24) is 10.3 Å². The fraction of sp³-hybridized carbons (Fsp3) is 0.312. The molecule has 92 valence electrons. The molecule has 0 fully saturated rings. The monoisotopic (exact) mass is 238 g/mol. The van der Waals surface area contributed by atoms with Gasteiger partial charge in [0.05, 0.1) is 11.7 Å². The number of rotatable bonds is 4. The number of aromatic nitrogens is 1. The lowest BCUT2D eigenvalue weighted by Crippen LogP contribution is -2.21. The summed E-state index contributed by atoms with van der Waals surface area (Å²) in [6.45, 7) is 4.90. The Labute approximate surface area is 108 Å². The Kier molecular flexibility index (Phi) is 4.33. The zero-order chi connectivity index (χ0) is 12.8. The lowest BCUT2D eigenvalue weighted by Gasteiger charge is -2.16. The maximum absolute atomic E-state index is 4.55. The van der Waals surface area contributed by atoms with Crippen LogP contribution in [0.1, 0.15) is 32.0 Å². The lowest BCUT2D eigenvalue weighted by atomic mass is 10.0. The third kappa shape index (κ3) is 2.69. The molecule has 1 aromatic heterocycles. The molecule has 2 rings (SSSR count). The van der Waals surface area contributed by atoms with Crippen LogP contribution in [0.25, 0.3) is 10.8 Å². The second kappa shape index (κ2) is 6.18. The first-order valence-corrected chi connectivity index (χ1v) is 6.33. The van der Waals surface area contributed by atoms with Crippen LogP contribution in [0.3, 0.4) is 0 Å². The van der Waals surface area contributed by atoms with Gasteiger partial charge in [-0.15, -0.1) is 11.8 Å². The molecule has 0 aliphatic heterocycles. The minimum absolute atomic E-state index is 0.202. The molecule has 0 bridgehead atoms. The Morgan fingerprint density at radius 1 is 1.28 bits per heavy atom. The van der Waals surface area contributed by atoms with Gasteiger partial charge in [-0.3, -0.25) is 4.98 Å². The maximum atomic E-state index is 4.55. The second-order valence-electron chi connectivity index (χ2n) is 4.16. The molecule has 1 aromatic carbocycles. The minimum Gasteiger partial charge on any atom is -0.308 e. The quantitative estimate of drug-likeness (QED) is 0.827. The fourth-order valence-corrected chi connectivity index (χ4v) is 2.14. The lowest BCUT2D eigenvalue weighted by molar-refractivity contribution is 0.556. The Morgan fingerprint density at radius 3 is 2.89 bits per heavy atom. The van der Waals surface area contributed by atoms with E-state index in [9.17, 15) is 0 Å². The first kappa shape index (κ1) is 12.6. The highest BCUT2D eigenvalue weighted by Crippen LogP contribution is 2.23. The Balaban J connectivity index is 2.44. The van der Waals surface area contributed by atoms with Gasteiger partial charge in [0.15, 0.2) is 0 Å². The smallest absolute Gasteiger partial charge is 0.0661 e. The molecule has 18 heavy (non-hydrogen) atoms. The molecule has 2 nitrogen and oxygen atoms in total. The van der Waals surface area contributed by atoms with E-state index in [-0.39, 0.29) is 6.04 Å². The van der Waals surface area contributed by atoms with E-state index >= 15 is 0 Å². The summed E-state index contributed by atoms with van der Waals surface area (Å²) >= 11 is 0. The third-order valence-electron chi connectivity index (χ3n) is 2.97. The Morgan fingerprint density at radius 2 is 2.11 bits per heavy atom. The number of hydrogen-bond acceptors (Lipinski definition) is 2. The Hall–Kier alpha value is -1.85. The molecule has 0 radical (unpaired) electrons. The summed E-state index contributed by atoms with van der Waals surface area (Å²) in [4.78, 5) is 4.55. The number of pyridine rings is 1. The van der Waals surface area contributed by atoms with Crippen LogP contribution in [0, 0.1) is 11.8 Å². The van der Waals surface area contributed by atoms with Crippen molar-refractivity contribution in [1.29, 1.82) is 0 Å². The van der Waals surface area contributed by atoms with Crippen LogP contribution in [0.2, 0.25) is 0 Å². The van der Waals surface area contributed by atoms with E-state index in [1.807, 2.05) is 19.2 Å². The van der Waals surface area contributed by atoms with Gasteiger partial charge in [0, 0.05) is 18.0 Å². The maximum Gasteiger partial charge on any atom is 0.0661 e. The third-order valence-corrected chi connectivity index (χ3v) is 2.97. The summed E-state index contributed by atoms with van der Waals surface area (Å²) in [6, 6.07) is 10.6. The summed E-state index contributed by atoms with van der Waals surface area (Å²) in [5, 5.41) is 5.90. The van der Waals surface area contributed by atoms with Crippen LogP contribution in [-0.2, 0) is 0 Å². The van der Waals surface area contributed by atoms with E-state index in [0.717, 1.165) is 18.7 Å². The number of nitrogens with zero attached hydrogens (tertiary/aromatic N) is 1. The predicted molar refractivity (Wildman–Crippen MR) is 76.2 cm³/mol. The van der Waals surface area contributed by atoms with Gasteiger partial charge in [-0.25, -0.2) is 0 Å².